The van der Waals surface area contributed by atoms with Crippen LogP contribution in [0.2, 0.25) is 0 Å². The third-order valence-corrected chi connectivity index (χ3v) is 5.35. The molecule has 0 saturated heterocycles. The number of halogens is 2. The summed E-state index contributed by atoms with van der Waals surface area (Å²) in [5, 5.41) is 0.838. The van der Waals surface area contributed by atoms with E-state index in [1.54, 1.807) is 12.1 Å². The van der Waals surface area contributed by atoms with Gasteiger partial charge in [-0.25, -0.2) is 4.39 Å². The van der Waals surface area contributed by atoms with Gasteiger partial charge in [0.2, 0.25) is 0 Å². The molecule has 1 aromatic rings. The number of hydrogen-bond acceptors (Lipinski definition) is 1. The maximum Gasteiger partial charge on any atom is 0.128 e. The number of ether oxygens (including phenoxy) is 1. The lowest BCUT2D eigenvalue weighted by atomic mass is 9.78. The zero-order chi connectivity index (χ0) is 13.7. The molecule has 0 aliphatic heterocycles. The van der Waals surface area contributed by atoms with E-state index in [2.05, 4.69) is 22.9 Å². The summed E-state index contributed by atoms with van der Waals surface area (Å²) in [6.07, 6.45) is 5.85. The molecule has 2 rings (SSSR count). The molecule has 0 bridgehead atoms. The van der Waals surface area contributed by atoms with Gasteiger partial charge < -0.3 is 4.74 Å². The molecule has 0 unspecified atom stereocenters. The molecule has 0 amide bonds. The monoisotopic (exact) mass is 328 g/mol. The van der Waals surface area contributed by atoms with Crippen LogP contribution in [0.3, 0.4) is 0 Å². The Morgan fingerprint density at radius 3 is 2.58 bits per heavy atom. The minimum Gasteiger partial charge on any atom is -0.369 e. The maximum absolute atomic E-state index is 13.6. The van der Waals surface area contributed by atoms with E-state index in [0.717, 1.165) is 24.1 Å². The zero-order valence-electron chi connectivity index (χ0n) is 11.5. The molecule has 0 heterocycles. The van der Waals surface area contributed by atoms with E-state index in [0.29, 0.717) is 12.2 Å². The number of rotatable bonds is 5. The molecule has 0 aromatic heterocycles. The Labute approximate surface area is 123 Å². The predicted octanol–water partition coefficient (Wildman–Crippen LogP) is 5.08. The van der Waals surface area contributed by atoms with Crippen LogP contribution in [-0.4, -0.2) is 10.9 Å². The molecule has 1 aliphatic carbocycles. The third kappa shape index (κ3) is 3.79. The van der Waals surface area contributed by atoms with Gasteiger partial charge >= 0.3 is 0 Å². The summed E-state index contributed by atoms with van der Waals surface area (Å²) in [5.74, 6) is 0.665. The molecule has 3 heteroatoms. The highest BCUT2D eigenvalue weighted by Crippen LogP contribution is 2.38. The minimum absolute atomic E-state index is 0.103. The lowest BCUT2D eigenvalue weighted by molar-refractivity contribution is -0.0710. The number of hydrogen-bond donors (Lipinski definition) is 0. The van der Waals surface area contributed by atoms with Gasteiger partial charge in [-0.15, -0.1) is 0 Å². The molecule has 0 radical (unpaired) electrons. The lowest BCUT2D eigenvalue weighted by Gasteiger charge is -2.39. The molecule has 1 aromatic carbocycles. The van der Waals surface area contributed by atoms with Crippen molar-refractivity contribution in [1.29, 1.82) is 0 Å². The van der Waals surface area contributed by atoms with E-state index in [-0.39, 0.29) is 11.4 Å². The second-order valence-corrected chi connectivity index (χ2v) is 6.11. The first-order valence-electron chi connectivity index (χ1n) is 7.12. The summed E-state index contributed by atoms with van der Waals surface area (Å²) < 4.78 is 19.7. The van der Waals surface area contributed by atoms with Gasteiger partial charge in [-0.05, 0) is 37.7 Å². The van der Waals surface area contributed by atoms with Crippen molar-refractivity contribution in [3.8, 4) is 0 Å². The van der Waals surface area contributed by atoms with Crippen molar-refractivity contribution in [3.63, 3.8) is 0 Å². The molecule has 1 nitrogen and oxygen atoms in total. The van der Waals surface area contributed by atoms with Crippen LogP contribution in [-0.2, 0) is 11.3 Å². The topological polar surface area (TPSA) is 9.23 Å². The fourth-order valence-electron chi connectivity index (χ4n) is 2.77. The molecule has 1 fully saturated rings. The van der Waals surface area contributed by atoms with Crippen molar-refractivity contribution in [3.05, 3.63) is 35.6 Å². The summed E-state index contributed by atoms with van der Waals surface area (Å²) in [6, 6.07) is 6.87. The van der Waals surface area contributed by atoms with Crippen LogP contribution in [0.1, 0.15) is 44.6 Å². The molecule has 1 aliphatic rings. The van der Waals surface area contributed by atoms with Gasteiger partial charge in [-0.2, -0.15) is 0 Å². The van der Waals surface area contributed by atoms with Gasteiger partial charge in [0.05, 0.1) is 12.2 Å². The van der Waals surface area contributed by atoms with Crippen molar-refractivity contribution >= 4 is 15.9 Å². The van der Waals surface area contributed by atoms with Gasteiger partial charge in [0.1, 0.15) is 5.82 Å². The Morgan fingerprint density at radius 1 is 1.32 bits per heavy atom. The molecule has 1 saturated carbocycles. The lowest BCUT2D eigenvalue weighted by Crippen LogP contribution is -2.38. The Balaban J connectivity index is 1.95. The van der Waals surface area contributed by atoms with E-state index in [4.69, 9.17) is 4.74 Å². The molecule has 0 spiro atoms. The van der Waals surface area contributed by atoms with Crippen molar-refractivity contribution in [1.82, 2.24) is 0 Å². The van der Waals surface area contributed by atoms with E-state index in [1.807, 2.05) is 6.07 Å². The van der Waals surface area contributed by atoms with Crippen LogP contribution in [0.5, 0.6) is 0 Å². The molecular formula is C16H22BrFO. The van der Waals surface area contributed by atoms with Crippen LogP contribution in [0.15, 0.2) is 24.3 Å². The van der Waals surface area contributed by atoms with Gasteiger partial charge in [0.15, 0.2) is 0 Å². The Morgan fingerprint density at radius 2 is 2.00 bits per heavy atom. The highest BCUT2D eigenvalue weighted by atomic mass is 79.9. The fourth-order valence-corrected chi connectivity index (χ4v) is 3.50. The van der Waals surface area contributed by atoms with Gasteiger partial charge in [-0.1, -0.05) is 47.5 Å². The SMILES string of the molecule is CCC1CCC(CBr)(OCc2ccccc2F)CC1. The van der Waals surface area contributed by atoms with Crippen molar-refractivity contribution in [2.45, 2.75) is 51.2 Å². The normalized spacial score (nSPS) is 27.4. The molecule has 19 heavy (non-hydrogen) atoms. The summed E-state index contributed by atoms with van der Waals surface area (Å²) >= 11 is 3.58. The first-order chi connectivity index (χ1) is 9.19. The van der Waals surface area contributed by atoms with E-state index in [9.17, 15) is 4.39 Å². The van der Waals surface area contributed by atoms with Crippen LogP contribution >= 0.6 is 15.9 Å². The standard InChI is InChI=1S/C16H22BrFO/c1-2-13-7-9-16(12-17,10-8-13)19-11-14-5-3-4-6-15(14)18/h3-6,13H,2,7-12H2,1H3. The fraction of sp³-hybridized carbons (Fsp3) is 0.625. The largest absolute Gasteiger partial charge is 0.369 e. The van der Waals surface area contributed by atoms with Crippen molar-refractivity contribution < 1.29 is 9.13 Å². The minimum atomic E-state index is -0.172. The number of benzene rings is 1. The van der Waals surface area contributed by atoms with Gasteiger partial charge in [0, 0.05) is 10.9 Å². The van der Waals surface area contributed by atoms with E-state index in [1.165, 1.54) is 25.3 Å². The average molecular weight is 329 g/mol. The second kappa shape index (κ2) is 6.85. The summed E-state index contributed by atoms with van der Waals surface area (Å²) in [4.78, 5) is 0. The maximum atomic E-state index is 13.6. The average Bonchev–Trinajstić information content (AvgIpc) is 2.47. The van der Waals surface area contributed by atoms with Crippen molar-refractivity contribution in [2.24, 2.45) is 5.92 Å². The summed E-state index contributed by atoms with van der Waals surface area (Å²) in [5.41, 5.74) is 0.550. The highest BCUT2D eigenvalue weighted by molar-refractivity contribution is 9.09. The predicted molar refractivity (Wildman–Crippen MR) is 80.0 cm³/mol. The second-order valence-electron chi connectivity index (χ2n) is 5.55. The molecule has 0 N–H and O–H groups in total. The Bertz CT molecular complexity index is 399. The van der Waals surface area contributed by atoms with E-state index >= 15 is 0 Å². The zero-order valence-corrected chi connectivity index (χ0v) is 13.1. The first-order valence-corrected chi connectivity index (χ1v) is 8.24. The number of alkyl halides is 1. The van der Waals surface area contributed by atoms with Crippen LogP contribution < -0.4 is 0 Å². The van der Waals surface area contributed by atoms with Crippen LogP contribution in [0.4, 0.5) is 4.39 Å². The molecular weight excluding hydrogens is 307 g/mol. The Hall–Kier alpha value is -0.410. The van der Waals surface area contributed by atoms with E-state index < -0.39 is 0 Å². The highest BCUT2D eigenvalue weighted by Gasteiger charge is 2.35. The van der Waals surface area contributed by atoms with Gasteiger partial charge in [0.25, 0.3) is 0 Å². The smallest absolute Gasteiger partial charge is 0.128 e. The summed E-state index contributed by atoms with van der Waals surface area (Å²) in [6.45, 7) is 2.63. The molecule has 106 valence electrons. The molecule has 0 atom stereocenters. The quantitative estimate of drug-likeness (QED) is 0.685. The third-order valence-electron chi connectivity index (χ3n) is 4.33. The summed E-state index contributed by atoms with van der Waals surface area (Å²) in [7, 11) is 0. The van der Waals surface area contributed by atoms with Crippen LogP contribution in [0, 0.1) is 11.7 Å². The first kappa shape index (κ1) is 15.0. The van der Waals surface area contributed by atoms with Gasteiger partial charge in [-0.3, -0.25) is 0 Å². The van der Waals surface area contributed by atoms with Crippen molar-refractivity contribution in [2.75, 3.05) is 5.33 Å². The van der Waals surface area contributed by atoms with Crippen LogP contribution in [0.25, 0.3) is 0 Å². The Kier molecular flexibility index (Phi) is 5.40.